The van der Waals surface area contributed by atoms with E-state index in [0.29, 0.717) is 5.54 Å². The molecule has 0 amide bonds. The van der Waals surface area contributed by atoms with Crippen LogP contribution in [0.25, 0.3) is 0 Å². The van der Waals surface area contributed by atoms with Crippen molar-refractivity contribution in [2.75, 3.05) is 18.6 Å². The van der Waals surface area contributed by atoms with Crippen molar-refractivity contribution in [3.05, 3.63) is 0 Å². The second-order valence-electron chi connectivity index (χ2n) is 3.62. The summed E-state index contributed by atoms with van der Waals surface area (Å²) in [4.78, 5) is 0. The lowest BCUT2D eigenvalue weighted by Gasteiger charge is -2.39. The minimum atomic E-state index is -0.641. The van der Waals surface area contributed by atoms with E-state index in [2.05, 4.69) is 12.2 Å². The van der Waals surface area contributed by atoms with E-state index in [1.807, 2.05) is 0 Å². The van der Waals surface area contributed by atoms with Crippen molar-refractivity contribution >= 4 is 10.8 Å². The van der Waals surface area contributed by atoms with Crippen LogP contribution in [0, 0.1) is 0 Å². The van der Waals surface area contributed by atoms with Crippen LogP contribution in [-0.4, -0.2) is 28.3 Å². The van der Waals surface area contributed by atoms with Gasteiger partial charge in [-0.3, -0.25) is 4.21 Å². The van der Waals surface area contributed by atoms with E-state index < -0.39 is 10.8 Å². The quantitative estimate of drug-likeness (QED) is 0.688. The van der Waals surface area contributed by atoms with Crippen LogP contribution < -0.4 is 5.32 Å². The summed E-state index contributed by atoms with van der Waals surface area (Å²) in [5.74, 6) is 0.787. The molecule has 0 radical (unpaired) electrons. The Kier molecular flexibility index (Phi) is 3.07. The van der Waals surface area contributed by atoms with Gasteiger partial charge in [-0.15, -0.1) is 0 Å². The molecule has 1 fully saturated rings. The zero-order chi connectivity index (χ0) is 8.32. The van der Waals surface area contributed by atoms with Gasteiger partial charge < -0.3 is 5.32 Å². The molecule has 0 heterocycles. The van der Waals surface area contributed by atoms with Crippen molar-refractivity contribution in [3.63, 3.8) is 0 Å². The van der Waals surface area contributed by atoms with Crippen molar-refractivity contribution in [2.24, 2.45) is 0 Å². The van der Waals surface area contributed by atoms with Crippen LogP contribution in [0.2, 0.25) is 0 Å². The summed E-state index contributed by atoms with van der Waals surface area (Å²) in [6.45, 7) is 3.15. The first-order valence-electron chi connectivity index (χ1n) is 4.17. The number of nitrogens with one attached hydrogen (secondary N) is 1. The lowest BCUT2D eigenvalue weighted by Crippen LogP contribution is -2.49. The SMILES string of the molecule is CS(=O)CCNC1(C)CCC1. The molecule has 0 spiro atoms. The third-order valence-corrected chi connectivity index (χ3v) is 3.18. The molecular weight excluding hydrogens is 158 g/mol. The molecule has 11 heavy (non-hydrogen) atoms. The summed E-state index contributed by atoms with van der Waals surface area (Å²) in [6, 6.07) is 0. The fourth-order valence-corrected chi connectivity index (χ4v) is 1.77. The van der Waals surface area contributed by atoms with Crippen LogP contribution in [-0.2, 0) is 10.8 Å². The van der Waals surface area contributed by atoms with Crippen molar-refractivity contribution in [3.8, 4) is 0 Å². The fourth-order valence-electron chi connectivity index (χ4n) is 1.38. The monoisotopic (exact) mass is 175 g/mol. The first-order valence-corrected chi connectivity index (χ1v) is 5.90. The van der Waals surface area contributed by atoms with Gasteiger partial charge in [0.05, 0.1) is 0 Å². The van der Waals surface area contributed by atoms with E-state index in [9.17, 15) is 4.21 Å². The molecule has 0 aromatic rings. The van der Waals surface area contributed by atoms with Crippen LogP contribution in [0.1, 0.15) is 26.2 Å². The van der Waals surface area contributed by atoms with Gasteiger partial charge in [-0.1, -0.05) is 0 Å². The molecular formula is C8H17NOS. The van der Waals surface area contributed by atoms with Gasteiger partial charge in [0.25, 0.3) is 0 Å². The van der Waals surface area contributed by atoms with E-state index >= 15 is 0 Å². The van der Waals surface area contributed by atoms with Gasteiger partial charge >= 0.3 is 0 Å². The molecule has 3 heteroatoms. The van der Waals surface area contributed by atoms with Gasteiger partial charge in [-0.25, -0.2) is 0 Å². The molecule has 0 aromatic heterocycles. The maximum Gasteiger partial charge on any atom is 0.0357 e. The molecule has 0 aromatic carbocycles. The largest absolute Gasteiger partial charge is 0.311 e. The summed E-state index contributed by atoms with van der Waals surface area (Å²) in [7, 11) is -0.641. The summed E-state index contributed by atoms with van der Waals surface area (Å²) < 4.78 is 10.7. The molecule has 1 N–H and O–H groups in total. The molecule has 1 unspecified atom stereocenters. The molecule has 0 aliphatic heterocycles. The first kappa shape index (κ1) is 9.20. The normalized spacial score (nSPS) is 24.2. The maximum atomic E-state index is 10.7. The third-order valence-electron chi connectivity index (χ3n) is 2.40. The van der Waals surface area contributed by atoms with Gasteiger partial charge in [0.1, 0.15) is 0 Å². The fraction of sp³-hybridized carbons (Fsp3) is 1.00. The van der Waals surface area contributed by atoms with Crippen molar-refractivity contribution in [2.45, 2.75) is 31.7 Å². The predicted molar refractivity (Wildman–Crippen MR) is 49.2 cm³/mol. The van der Waals surface area contributed by atoms with Crippen molar-refractivity contribution in [1.82, 2.24) is 5.32 Å². The number of hydrogen-bond acceptors (Lipinski definition) is 2. The Labute approximate surface area is 71.2 Å². The summed E-state index contributed by atoms with van der Waals surface area (Å²) in [5.41, 5.74) is 0.374. The Balaban J connectivity index is 2.07. The minimum absolute atomic E-state index is 0.374. The van der Waals surface area contributed by atoms with E-state index in [-0.39, 0.29) is 0 Å². The van der Waals surface area contributed by atoms with E-state index in [4.69, 9.17) is 0 Å². The number of rotatable bonds is 4. The second kappa shape index (κ2) is 3.68. The molecule has 66 valence electrons. The van der Waals surface area contributed by atoms with E-state index in [1.54, 1.807) is 6.26 Å². The second-order valence-corrected chi connectivity index (χ2v) is 5.17. The lowest BCUT2D eigenvalue weighted by molar-refractivity contribution is 0.214. The third kappa shape index (κ3) is 2.91. The highest BCUT2D eigenvalue weighted by Crippen LogP contribution is 2.30. The van der Waals surface area contributed by atoms with Gasteiger partial charge in [0, 0.05) is 34.9 Å². The molecule has 0 saturated heterocycles. The molecule has 1 atom stereocenters. The maximum absolute atomic E-state index is 10.7. The van der Waals surface area contributed by atoms with E-state index in [0.717, 1.165) is 12.3 Å². The smallest absolute Gasteiger partial charge is 0.0357 e. The summed E-state index contributed by atoms with van der Waals surface area (Å²) >= 11 is 0. The number of hydrogen-bond donors (Lipinski definition) is 1. The Bertz CT molecular complexity index is 154. The van der Waals surface area contributed by atoms with Crippen LogP contribution in [0.3, 0.4) is 0 Å². The average molecular weight is 175 g/mol. The summed E-state index contributed by atoms with van der Waals surface area (Å²) in [6.07, 6.45) is 5.66. The molecule has 0 bridgehead atoms. The zero-order valence-electron chi connectivity index (χ0n) is 7.35. The topological polar surface area (TPSA) is 29.1 Å². The standard InChI is InChI=1S/C8H17NOS/c1-8(4-3-5-8)9-6-7-11(2)10/h9H,3-7H2,1-2H3. The van der Waals surface area contributed by atoms with Gasteiger partial charge in [-0.05, 0) is 26.2 Å². The zero-order valence-corrected chi connectivity index (χ0v) is 8.17. The van der Waals surface area contributed by atoms with Gasteiger partial charge in [0.15, 0.2) is 0 Å². The van der Waals surface area contributed by atoms with Crippen LogP contribution in [0.5, 0.6) is 0 Å². The van der Waals surface area contributed by atoms with Gasteiger partial charge in [0.2, 0.25) is 0 Å². The Morgan fingerprint density at radius 2 is 2.18 bits per heavy atom. The van der Waals surface area contributed by atoms with Crippen LogP contribution in [0.15, 0.2) is 0 Å². The lowest BCUT2D eigenvalue weighted by atomic mass is 9.79. The van der Waals surface area contributed by atoms with Crippen molar-refractivity contribution in [1.29, 1.82) is 0 Å². The van der Waals surface area contributed by atoms with Crippen molar-refractivity contribution < 1.29 is 4.21 Å². The van der Waals surface area contributed by atoms with Crippen LogP contribution in [0.4, 0.5) is 0 Å². The highest BCUT2D eigenvalue weighted by atomic mass is 32.2. The molecule has 1 aliphatic carbocycles. The molecule has 1 rings (SSSR count). The van der Waals surface area contributed by atoms with Gasteiger partial charge in [-0.2, -0.15) is 0 Å². The molecule has 1 saturated carbocycles. The van der Waals surface area contributed by atoms with Crippen LogP contribution >= 0.6 is 0 Å². The average Bonchev–Trinajstić information content (AvgIpc) is 1.83. The minimum Gasteiger partial charge on any atom is -0.311 e. The Morgan fingerprint density at radius 1 is 1.55 bits per heavy atom. The highest BCUT2D eigenvalue weighted by Gasteiger charge is 2.30. The van der Waals surface area contributed by atoms with E-state index in [1.165, 1.54) is 19.3 Å². The Morgan fingerprint density at radius 3 is 2.55 bits per heavy atom. The highest BCUT2D eigenvalue weighted by molar-refractivity contribution is 7.84. The first-order chi connectivity index (χ1) is 5.12. The molecule has 1 aliphatic rings. The predicted octanol–water partition coefficient (Wildman–Crippen LogP) is 0.897. The summed E-state index contributed by atoms with van der Waals surface area (Å²) in [5, 5.41) is 3.43. The Hall–Kier alpha value is 0.110. The molecule has 2 nitrogen and oxygen atoms in total.